The average molecular weight is 199 g/mol. The van der Waals surface area contributed by atoms with Crippen molar-refractivity contribution >= 4 is 11.6 Å². The summed E-state index contributed by atoms with van der Waals surface area (Å²) in [5, 5.41) is 7.74. The van der Waals surface area contributed by atoms with Crippen LogP contribution in [0.2, 0.25) is 0 Å². The zero-order valence-corrected chi connectivity index (χ0v) is 7.69. The minimum Gasteiger partial charge on any atom is -0.338 e. The Balaban J connectivity index is 2.35. The highest BCUT2D eigenvalue weighted by atomic mass is 35.5. The zero-order chi connectivity index (χ0) is 9.26. The number of aromatic nitrogens is 4. The average Bonchev–Trinajstić information content (AvgIpc) is 2.71. The summed E-state index contributed by atoms with van der Waals surface area (Å²) < 4.78 is 6.52. The molecule has 2 rings (SSSR count). The van der Waals surface area contributed by atoms with Gasteiger partial charge in [0.25, 0.3) is 0 Å². The molecule has 68 valence electrons. The first-order valence-electron chi connectivity index (χ1n) is 3.67. The second-order valence-electron chi connectivity index (χ2n) is 2.55. The van der Waals surface area contributed by atoms with Gasteiger partial charge in [-0.05, 0) is 0 Å². The molecule has 5 nitrogen and oxygen atoms in total. The van der Waals surface area contributed by atoms with Gasteiger partial charge in [0, 0.05) is 13.2 Å². The van der Waals surface area contributed by atoms with E-state index in [2.05, 4.69) is 15.2 Å². The van der Waals surface area contributed by atoms with E-state index in [0.29, 0.717) is 11.7 Å². The fourth-order valence-corrected chi connectivity index (χ4v) is 1.07. The second kappa shape index (κ2) is 3.18. The molecule has 0 unspecified atom stereocenters. The molecule has 2 heterocycles. The molecule has 0 aliphatic carbocycles. The molecule has 0 aliphatic heterocycles. The summed E-state index contributed by atoms with van der Waals surface area (Å²) in [5.41, 5.74) is 0.822. The Morgan fingerprint density at radius 1 is 1.62 bits per heavy atom. The second-order valence-corrected chi connectivity index (χ2v) is 2.82. The molecular weight excluding hydrogens is 192 g/mol. The van der Waals surface area contributed by atoms with Crippen molar-refractivity contribution < 1.29 is 4.52 Å². The highest BCUT2D eigenvalue weighted by Gasteiger charge is 2.08. The lowest BCUT2D eigenvalue weighted by Gasteiger charge is -1.82. The number of aryl methyl sites for hydroxylation is 1. The van der Waals surface area contributed by atoms with Crippen LogP contribution in [0, 0.1) is 0 Å². The summed E-state index contributed by atoms with van der Waals surface area (Å²) in [6, 6.07) is 0. The number of rotatable bonds is 2. The van der Waals surface area contributed by atoms with Gasteiger partial charge in [0.1, 0.15) is 5.88 Å². The van der Waals surface area contributed by atoms with Gasteiger partial charge in [-0.25, -0.2) is 0 Å². The van der Waals surface area contributed by atoms with Gasteiger partial charge in [-0.2, -0.15) is 10.1 Å². The topological polar surface area (TPSA) is 56.7 Å². The van der Waals surface area contributed by atoms with Crippen LogP contribution in [0.25, 0.3) is 11.4 Å². The highest BCUT2D eigenvalue weighted by molar-refractivity contribution is 6.16. The van der Waals surface area contributed by atoms with E-state index < -0.39 is 0 Å². The summed E-state index contributed by atoms with van der Waals surface area (Å²) in [5.74, 6) is 1.16. The number of nitrogens with zero attached hydrogens (tertiary/aromatic N) is 4. The van der Waals surface area contributed by atoms with Gasteiger partial charge < -0.3 is 4.52 Å². The molecule has 0 spiro atoms. The van der Waals surface area contributed by atoms with Crippen molar-refractivity contribution in [1.29, 1.82) is 0 Å². The van der Waals surface area contributed by atoms with Crippen molar-refractivity contribution in [3.05, 3.63) is 18.3 Å². The van der Waals surface area contributed by atoms with Gasteiger partial charge in [-0.3, -0.25) is 4.68 Å². The third kappa shape index (κ3) is 1.55. The fraction of sp³-hybridized carbons (Fsp3) is 0.286. The van der Waals surface area contributed by atoms with Gasteiger partial charge >= 0.3 is 0 Å². The van der Waals surface area contributed by atoms with Crippen molar-refractivity contribution in [3.63, 3.8) is 0 Å². The third-order valence-corrected chi connectivity index (χ3v) is 1.77. The van der Waals surface area contributed by atoms with E-state index in [1.807, 2.05) is 13.2 Å². The molecule has 2 aromatic rings. The summed E-state index contributed by atoms with van der Waals surface area (Å²) in [7, 11) is 1.83. The van der Waals surface area contributed by atoms with Crippen LogP contribution in [0.1, 0.15) is 5.89 Å². The first kappa shape index (κ1) is 8.25. The van der Waals surface area contributed by atoms with Crippen LogP contribution in [-0.4, -0.2) is 19.9 Å². The maximum absolute atomic E-state index is 5.52. The van der Waals surface area contributed by atoms with E-state index in [4.69, 9.17) is 16.1 Å². The van der Waals surface area contributed by atoms with Crippen LogP contribution in [0.4, 0.5) is 0 Å². The van der Waals surface area contributed by atoms with Crippen molar-refractivity contribution in [2.24, 2.45) is 7.05 Å². The Morgan fingerprint density at radius 3 is 3.00 bits per heavy atom. The number of alkyl halides is 1. The van der Waals surface area contributed by atoms with Crippen LogP contribution in [0.3, 0.4) is 0 Å². The molecule has 0 bridgehead atoms. The summed E-state index contributed by atoms with van der Waals surface area (Å²) in [6.07, 6.45) is 3.48. The molecule has 0 saturated heterocycles. The lowest BCUT2D eigenvalue weighted by Crippen LogP contribution is -1.84. The molecule has 0 N–H and O–H groups in total. The predicted molar refractivity (Wildman–Crippen MR) is 46.1 cm³/mol. The van der Waals surface area contributed by atoms with Crippen LogP contribution < -0.4 is 0 Å². The fourth-order valence-electron chi connectivity index (χ4n) is 0.963. The summed E-state index contributed by atoms with van der Waals surface area (Å²) in [6.45, 7) is 0. The number of hydrogen-bond acceptors (Lipinski definition) is 4. The SMILES string of the molecule is Cn1cc(-c2noc(CCl)n2)cn1. The lowest BCUT2D eigenvalue weighted by molar-refractivity contribution is 0.391. The first-order chi connectivity index (χ1) is 6.29. The molecule has 0 saturated carbocycles. The largest absolute Gasteiger partial charge is 0.338 e. The predicted octanol–water partition coefficient (Wildman–Crippen LogP) is 1.21. The van der Waals surface area contributed by atoms with E-state index in [-0.39, 0.29) is 5.88 Å². The van der Waals surface area contributed by atoms with Crippen LogP contribution in [0.5, 0.6) is 0 Å². The Morgan fingerprint density at radius 2 is 2.46 bits per heavy atom. The number of hydrogen-bond donors (Lipinski definition) is 0. The minimum absolute atomic E-state index is 0.229. The first-order valence-corrected chi connectivity index (χ1v) is 4.20. The van der Waals surface area contributed by atoms with E-state index in [9.17, 15) is 0 Å². The van der Waals surface area contributed by atoms with E-state index in [1.54, 1.807) is 10.9 Å². The molecule has 0 amide bonds. The van der Waals surface area contributed by atoms with Gasteiger partial charge in [-0.15, -0.1) is 11.6 Å². The molecule has 0 radical (unpaired) electrons. The van der Waals surface area contributed by atoms with E-state index in [0.717, 1.165) is 5.56 Å². The molecular formula is C7H7ClN4O. The molecule has 0 fully saturated rings. The van der Waals surface area contributed by atoms with Gasteiger partial charge in [-0.1, -0.05) is 5.16 Å². The van der Waals surface area contributed by atoms with Crippen LogP contribution in [0.15, 0.2) is 16.9 Å². The van der Waals surface area contributed by atoms with Crippen molar-refractivity contribution in [1.82, 2.24) is 19.9 Å². The molecule has 6 heteroatoms. The maximum Gasteiger partial charge on any atom is 0.241 e. The van der Waals surface area contributed by atoms with Gasteiger partial charge in [0.05, 0.1) is 11.8 Å². The lowest BCUT2D eigenvalue weighted by atomic mass is 10.3. The third-order valence-electron chi connectivity index (χ3n) is 1.55. The Labute approximate surface area is 79.3 Å². The molecule has 13 heavy (non-hydrogen) atoms. The summed E-state index contributed by atoms with van der Waals surface area (Å²) in [4.78, 5) is 4.05. The monoisotopic (exact) mass is 198 g/mol. The highest BCUT2D eigenvalue weighted by Crippen LogP contribution is 2.14. The van der Waals surface area contributed by atoms with E-state index in [1.165, 1.54) is 0 Å². The molecule has 0 atom stereocenters. The maximum atomic E-state index is 5.52. The standard InChI is InChI=1S/C7H7ClN4O/c1-12-4-5(3-9-12)7-10-6(2-8)13-11-7/h3-4H,2H2,1H3. The summed E-state index contributed by atoms with van der Waals surface area (Å²) >= 11 is 5.52. The quantitative estimate of drug-likeness (QED) is 0.681. The van der Waals surface area contributed by atoms with Gasteiger partial charge in [0.15, 0.2) is 0 Å². The molecule has 2 aromatic heterocycles. The van der Waals surface area contributed by atoms with Crippen molar-refractivity contribution in [3.8, 4) is 11.4 Å². The smallest absolute Gasteiger partial charge is 0.241 e. The molecule has 0 aromatic carbocycles. The van der Waals surface area contributed by atoms with E-state index >= 15 is 0 Å². The van der Waals surface area contributed by atoms with Crippen LogP contribution in [-0.2, 0) is 12.9 Å². The Bertz CT molecular complexity index is 408. The number of halogens is 1. The zero-order valence-electron chi connectivity index (χ0n) is 6.94. The van der Waals surface area contributed by atoms with Crippen molar-refractivity contribution in [2.45, 2.75) is 5.88 Å². The minimum atomic E-state index is 0.229. The Hall–Kier alpha value is -1.36. The molecule has 0 aliphatic rings. The van der Waals surface area contributed by atoms with Crippen molar-refractivity contribution in [2.75, 3.05) is 0 Å². The Kier molecular flexibility index (Phi) is 2.02. The normalized spacial score (nSPS) is 10.6. The van der Waals surface area contributed by atoms with Crippen LogP contribution >= 0.6 is 11.6 Å². The van der Waals surface area contributed by atoms with Gasteiger partial charge in [0.2, 0.25) is 11.7 Å².